The van der Waals surface area contributed by atoms with Crippen LogP contribution in [-0.4, -0.2) is 26.0 Å². The molecule has 1 fully saturated rings. The van der Waals surface area contributed by atoms with Gasteiger partial charge in [-0.05, 0) is 52.4 Å². The van der Waals surface area contributed by atoms with E-state index in [0.717, 1.165) is 29.5 Å². The van der Waals surface area contributed by atoms with E-state index in [-0.39, 0.29) is 11.4 Å². The van der Waals surface area contributed by atoms with Crippen molar-refractivity contribution in [3.8, 4) is 0 Å². The molecule has 36 heavy (non-hydrogen) atoms. The quantitative estimate of drug-likeness (QED) is 0.258. The van der Waals surface area contributed by atoms with Crippen LogP contribution in [0.15, 0.2) is 108 Å². The molecule has 0 atom stereocenters. The summed E-state index contributed by atoms with van der Waals surface area (Å²) < 4.78 is 2.70. The van der Waals surface area contributed by atoms with Gasteiger partial charge in [0.15, 0.2) is 5.65 Å². The Hall–Kier alpha value is -3.77. The van der Waals surface area contributed by atoms with Crippen LogP contribution in [0.25, 0.3) is 11.2 Å². The average molecular weight is 537 g/mol. The summed E-state index contributed by atoms with van der Waals surface area (Å²) in [5, 5.41) is 3.21. The van der Waals surface area contributed by atoms with Gasteiger partial charge in [-0.15, -0.1) is 0 Å². The maximum Gasteiger partial charge on any atom is 0.255 e. The molecule has 1 aliphatic carbocycles. The first kappa shape index (κ1) is 22.7. The molecule has 0 bridgehead atoms. The number of amides is 1. The van der Waals surface area contributed by atoms with Crippen molar-refractivity contribution >= 4 is 33.0 Å². The molecule has 0 saturated heterocycles. The molecule has 1 amide bonds. The Morgan fingerprint density at radius 3 is 1.86 bits per heavy atom. The van der Waals surface area contributed by atoms with Gasteiger partial charge < -0.3 is 9.88 Å². The minimum atomic E-state index is -0.785. The SMILES string of the molecule is CC1(NC(=O)c2cn(C(c3ccccc3)(c3ccccc3)c3ccccc3)c3ncc(Br)nc23)CC1. The minimum Gasteiger partial charge on any atom is -0.347 e. The summed E-state index contributed by atoms with van der Waals surface area (Å²) in [6, 6.07) is 31.1. The highest BCUT2D eigenvalue weighted by molar-refractivity contribution is 9.10. The van der Waals surface area contributed by atoms with Crippen LogP contribution in [0.4, 0.5) is 0 Å². The normalized spacial score (nSPS) is 14.5. The average Bonchev–Trinajstić information content (AvgIpc) is 3.52. The Morgan fingerprint density at radius 2 is 1.39 bits per heavy atom. The maximum atomic E-state index is 13.6. The molecule has 6 heteroatoms. The number of rotatable bonds is 6. The van der Waals surface area contributed by atoms with E-state index in [1.54, 1.807) is 6.20 Å². The van der Waals surface area contributed by atoms with E-state index < -0.39 is 5.54 Å². The van der Waals surface area contributed by atoms with E-state index in [1.165, 1.54) is 0 Å². The first-order chi connectivity index (χ1) is 17.5. The predicted molar refractivity (Wildman–Crippen MR) is 145 cm³/mol. The molecule has 1 aliphatic rings. The number of hydrogen-bond acceptors (Lipinski definition) is 3. The molecule has 6 rings (SSSR count). The smallest absolute Gasteiger partial charge is 0.255 e. The van der Waals surface area contributed by atoms with Crippen LogP contribution in [0, 0.1) is 0 Å². The monoisotopic (exact) mass is 536 g/mol. The number of halogens is 1. The van der Waals surface area contributed by atoms with Gasteiger partial charge in [-0.25, -0.2) is 9.97 Å². The van der Waals surface area contributed by atoms with E-state index in [9.17, 15) is 4.79 Å². The molecule has 2 aromatic heterocycles. The van der Waals surface area contributed by atoms with Crippen molar-refractivity contribution in [2.24, 2.45) is 0 Å². The highest BCUT2D eigenvalue weighted by Crippen LogP contribution is 2.43. The van der Waals surface area contributed by atoms with E-state index in [2.05, 4.69) is 69.1 Å². The van der Waals surface area contributed by atoms with Gasteiger partial charge in [-0.1, -0.05) is 91.0 Å². The zero-order valence-corrected chi connectivity index (χ0v) is 21.4. The third-order valence-corrected chi connectivity index (χ3v) is 7.44. The number of carbonyl (C=O) groups is 1. The Balaban J connectivity index is 1.72. The number of aromatic nitrogens is 3. The van der Waals surface area contributed by atoms with Crippen molar-refractivity contribution in [3.05, 3.63) is 130 Å². The maximum absolute atomic E-state index is 13.6. The Bertz CT molecular complexity index is 1450. The molecule has 178 valence electrons. The molecular formula is C30H25BrN4O. The highest BCUT2D eigenvalue weighted by atomic mass is 79.9. The lowest BCUT2D eigenvalue weighted by molar-refractivity contribution is 0.0936. The van der Waals surface area contributed by atoms with Crippen LogP contribution >= 0.6 is 15.9 Å². The molecule has 0 unspecified atom stereocenters. The fourth-order valence-electron chi connectivity index (χ4n) is 5.00. The van der Waals surface area contributed by atoms with Crippen LogP contribution in [0.1, 0.15) is 46.8 Å². The van der Waals surface area contributed by atoms with Crippen LogP contribution in [-0.2, 0) is 5.54 Å². The molecule has 1 saturated carbocycles. The second-order valence-electron chi connectivity index (χ2n) is 9.60. The van der Waals surface area contributed by atoms with Crippen LogP contribution in [0.5, 0.6) is 0 Å². The summed E-state index contributed by atoms with van der Waals surface area (Å²) in [4.78, 5) is 23.1. The second-order valence-corrected chi connectivity index (χ2v) is 10.4. The summed E-state index contributed by atoms with van der Waals surface area (Å²) in [5.74, 6) is -0.130. The van der Waals surface area contributed by atoms with Crippen molar-refractivity contribution in [3.63, 3.8) is 0 Å². The van der Waals surface area contributed by atoms with Crippen molar-refractivity contribution in [1.82, 2.24) is 19.9 Å². The third kappa shape index (κ3) is 3.73. The van der Waals surface area contributed by atoms with Crippen molar-refractivity contribution < 1.29 is 4.79 Å². The lowest BCUT2D eigenvalue weighted by Crippen LogP contribution is -2.38. The number of nitrogens with zero attached hydrogens (tertiary/aromatic N) is 3. The number of benzene rings is 3. The van der Waals surface area contributed by atoms with Gasteiger partial charge in [0.1, 0.15) is 15.7 Å². The van der Waals surface area contributed by atoms with Crippen LogP contribution in [0.2, 0.25) is 0 Å². The van der Waals surface area contributed by atoms with Crippen molar-refractivity contribution in [2.75, 3.05) is 0 Å². The molecule has 1 N–H and O–H groups in total. The minimum absolute atomic E-state index is 0.130. The zero-order chi connectivity index (χ0) is 24.8. The Kier molecular flexibility index (Phi) is 5.49. The lowest BCUT2D eigenvalue weighted by Gasteiger charge is -2.38. The number of hydrogen-bond donors (Lipinski definition) is 1. The Labute approximate surface area is 218 Å². The van der Waals surface area contributed by atoms with Gasteiger partial charge in [0.25, 0.3) is 5.91 Å². The first-order valence-corrected chi connectivity index (χ1v) is 12.8. The molecule has 2 heterocycles. The van der Waals surface area contributed by atoms with Gasteiger partial charge in [0.05, 0.1) is 11.8 Å². The van der Waals surface area contributed by atoms with Gasteiger partial charge >= 0.3 is 0 Å². The number of carbonyl (C=O) groups excluding carboxylic acids is 1. The summed E-state index contributed by atoms with van der Waals surface area (Å²) in [7, 11) is 0. The zero-order valence-electron chi connectivity index (χ0n) is 19.9. The fraction of sp³-hybridized carbons (Fsp3) is 0.167. The summed E-state index contributed by atoms with van der Waals surface area (Å²) in [6.07, 6.45) is 5.57. The molecular weight excluding hydrogens is 512 g/mol. The lowest BCUT2D eigenvalue weighted by atomic mass is 9.76. The molecule has 0 radical (unpaired) electrons. The van der Waals surface area contributed by atoms with E-state index in [1.807, 2.05) is 60.8 Å². The first-order valence-electron chi connectivity index (χ1n) is 12.0. The highest BCUT2D eigenvalue weighted by Gasteiger charge is 2.42. The van der Waals surface area contributed by atoms with Crippen molar-refractivity contribution in [1.29, 1.82) is 0 Å². The second kappa shape index (κ2) is 8.71. The molecule has 0 aliphatic heterocycles. The van der Waals surface area contributed by atoms with E-state index >= 15 is 0 Å². The van der Waals surface area contributed by atoms with Crippen molar-refractivity contribution in [2.45, 2.75) is 30.8 Å². The largest absolute Gasteiger partial charge is 0.347 e. The Morgan fingerprint density at radius 1 is 0.889 bits per heavy atom. The molecule has 5 aromatic rings. The fourth-order valence-corrected chi connectivity index (χ4v) is 5.28. The van der Waals surface area contributed by atoms with Crippen LogP contribution in [0.3, 0.4) is 0 Å². The van der Waals surface area contributed by atoms with E-state index in [4.69, 9.17) is 9.97 Å². The van der Waals surface area contributed by atoms with Gasteiger partial charge in [0, 0.05) is 11.7 Å². The topological polar surface area (TPSA) is 59.8 Å². The molecule has 5 nitrogen and oxygen atoms in total. The third-order valence-electron chi connectivity index (χ3n) is 7.06. The molecule has 3 aromatic carbocycles. The van der Waals surface area contributed by atoms with Gasteiger partial charge in [-0.2, -0.15) is 0 Å². The number of fused-ring (bicyclic) bond motifs is 1. The standard InChI is InChI=1S/C30H25BrN4O/c1-29(17-18-29)34-28(36)24-20-35(27-26(24)33-25(31)19-32-27)30(21-11-5-2-6-12-21,22-13-7-3-8-14-22)23-15-9-4-10-16-23/h2-16,19-20H,17-18H2,1H3,(H,34,36). The summed E-state index contributed by atoms with van der Waals surface area (Å²) >= 11 is 3.47. The van der Waals surface area contributed by atoms with Gasteiger partial charge in [0.2, 0.25) is 0 Å². The van der Waals surface area contributed by atoms with E-state index in [0.29, 0.717) is 21.3 Å². The van der Waals surface area contributed by atoms with Crippen LogP contribution < -0.4 is 5.32 Å². The number of nitrogens with one attached hydrogen (secondary N) is 1. The molecule has 0 spiro atoms. The van der Waals surface area contributed by atoms with Gasteiger partial charge in [-0.3, -0.25) is 4.79 Å². The summed E-state index contributed by atoms with van der Waals surface area (Å²) in [5.41, 5.74) is 3.96. The summed E-state index contributed by atoms with van der Waals surface area (Å²) in [6.45, 7) is 2.08. The predicted octanol–water partition coefficient (Wildman–Crippen LogP) is 6.32.